The van der Waals surface area contributed by atoms with Crippen LogP contribution in [0.4, 0.5) is 5.69 Å². The third-order valence-corrected chi connectivity index (χ3v) is 2.51. The maximum atomic E-state index is 11.6. The maximum Gasteiger partial charge on any atom is 0.376 e. The molecule has 0 radical (unpaired) electrons. The van der Waals surface area contributed by atoms with Crippen molar-refractivity contribution in [2.24, 2.45) is 5.90 Å². The van der Waals surface area contributed by atoms with Gasteiger partial charge in [-0.05, 0) is 6.92 Å². The van der Waals surface area contributed by atoms with Crippen LogP contribution in [0.1, 0.15) is 12.5 Å². The van der Waals surface area contributed by atoms with Crippen LogP contribution in [0.25, 0.3) is 6.08 Å². The molecule has 0 aliphatic carbocycles. The Morgan fingerprint density at radius 3 is 2.78 bits per heavy atom. The fourth-order valence-electron chi connectivity index (χ4n) is 1.50. The smallest absolute Gasteiger partial charge is 0.376 e. The highest BCUT2D eigenvalue weighted by Gasteiger charge is 2.19. The van der Waals surface area contributed by atoms with Gasteiger partial charge >= 0.3 is 5.97 Å². The second-order valence-corrected chi connectivity index (χ2v) is 4.03. The Morgan fingerprint density at radius 1 is 1.48 bits per heavy atom. The molecule has 0 aliphatic heterocycles. The molecule has 0 atom stereocenters. The molecular formula is C13H17N3O7. The van der Waals surface area contributed by atoms with Crippen molar-refractivity contribution in [3.05, 3.63) is 33.7 Å². The van der Waals surface area contributed by atoms with Crippen LogP contribution in [-0.4, -0.2) is 42.8 Å². The Bertz CT molecular complexity index is 589. The molecule has 0 unspecified atom stereocenters. The van der Waals surface area contributed by atoms with Crippen molar-refractivity contribution in [1.82, 2.24) is 4.98 Å². The molecule has 1 heterocycles. The average Bonchev–Trinajstić information content (AvgIpc) is 2.53. The van der Waals surface area contributed by atoms with Gasteiger partial charge in [-0.2, -0.15) is 5.90 Å². The number of hydrogen-bond acceptors (Lipinski definition) is 9. The van der Waals surface area contributed by atoms with E-state index >= 15 is 0 Å². The molecule has 1 rings (SSSR count). The maximum absolute atomic E-state index is 11.6. The molecule has 10 nitrogen and oxygen atoms in total. The molecular weight excluding hydrogens is 310 g/mol. The molecule has 0 bridgehead atoms. The first-order chi connectivity index (χ1) is 11.0. The predicted molar refractivity (Wildman–Crippen MR) is 78.1 cm³/mol. The SMILES string of the molecule is CCOC(=O)/C(=C\c1cc(OCCOC)ncc1[N+](=O)[O-])ON. The zero-order valence-corrected chi connectivity index (χ0v) is 12.7. The van der Waals surface area contributed by atoms with E-state index in [-0.39, 0.29) is 36.1 Å². The number of carbonyl (C=O) groups excluding carboxylic acids is 1. The highest BCUT2D eigenvalue weighted by atomic mass is 16.6. The number of carbonyl (C=O) groups is 1. The highest BCUT2D eigenvalue weighted by molar-refractivity contribution is 5.92. The van der Waals surface area contributed by atoms with Crippen LogP contribution in [0.15, 0.2) is 18.0 Å². The molecule has 23 heavy (non-hydrogen) atoms. The molecule has 1 aromatic heterocycles. The zero-order chi connectivity index (χ0) is 17.2. The number of rotatable bonds is 9. The van der Waals surface area contributed by atoms with E-state index in [0.717, 1.165) is 12.3 Å². The van der Waals surface area contributed by atoms with Gasteiger partial charge in [-0.15, -0.1) is 0 Å². The van der Waals surface area contributed by atoms with Crippen LogP contribution in [0, 0.1) is 10.1 Å². The Morgan fingerprint density at radius 2 is 2.22 bits per heavy atom. The van der Waals surface area contributed by atoms with E-state index in [1.165, 1.54) is 13.2 Å². The lowest BCUT2D eigenvalue weighted by Crippen LogP contribution is -2.13. The van der Waals surface area contributed by atoms with E-state index in [2.05, 4.69) is 9.82 Å². The minimum Gasteiger partial charge on any atom is -0.475 e. The lowest BCUT2D eigenvalue weighted by molar-refractivity contribution is -0.385. The molecule has 0 saturated heterocycles. The number of hydrogen-bond donors (Lipinski definition) is 1. The summed E-state index contributed by atoms with van der Waals surface area (Å²) in [5, 5.41) is 11.0. The molecule has 2 N–H and O–H groups in total. The molecule has 0 fully saturated rings. The molecule has 1 aromatic rings. The molecule has 0 aliphatic rings. The van der Waals surface area contributed by atoms with Gasteiger partial charge in [-0.25, -0.2) is 9.78 Å². The Balaban J connectivity index is 3.15. The van der Waals surface area contributed by atoms with Crippen molar-refractivity contribution in [1.29, 1.82) is 0 Å². The van der Waals surface area contributed by atoms with Crippen molar-refractivity contribution in [2.45, 2.75) is 6.92 Å². The standard InChI is InChI=1S/C13H17N3O7/c1-3-21-13(17)11(23-14)6-9-7-12(22-5-4-20-2)15-8-10(9)16(18)19/h6-8H,3-5,14H2,1-2H3/b11-6+. The summed E-state index contributed by atoms with van der Waals surface area (Å²) in [6.45, 7) is 2.23. The van der Waals surface area contributed by atoms with E-state index in [1.54, 1.807) is 6.92 Å². The van der Waals surface area contributed by atoms with Gasteiger partial charge in [0.1, 0.15) is 12.8 Å². The Labute approximate surface area is 131 Å². The summed E-state index contributed by atoms with van der Waals surface area (Å²) in [7, 11) is 1.50. The van der Waals surface area contributed by atoms with Crippen LogP contribution >= 0.6 is 0 Å². The average molecular weight is 327 g/mol. The van der Waals surface area contributed by atoms with Gasteiger partial charge in [0.15, 0.2) is 0 Å². The fourth-order valence-corrected chi connectivity index (χ4v) is 1.50. The minimum atomic E-state index is -0.844. The number of pyridine rings is 1. The predicted octanol–water partition coefficient (Wildman–Crippen LogP) is 0.809. The van der Waals surface area contributed by atoms with E-state index in [9.17, 15) is 14.9 Å². The molecule has 0 amide bonds. The zero-order valence-electron chi connectivity index (χ0n) is 12.7. The highest BCUT2D eigenvalue weighted by Crippen LogP contribution is 2.24. The lowest BCUT2D eigenvalue weighted by atomic mass is 10.2. The molecule has 10 heteroatoms. The van der Waals surface area contributed by atoms with Crippen LogP contribution in [0.2, 0.25) is 0 Å². The number of nitrogens with zero attached hydrogens (tertiary/aromatic N) is 2. The van der Waals surface area contributed by atoms with E-state index < -0.39 is 10.9 Å². The van der Waals surface area contributed by atoms with Gasteiger partial charge < -0.3 is 19.0 Å². The number of aromatic nitrogens is 1. The first-order valence-electron chi connectivity index (χ1n) is 6.55. The van der Waals surface area contributed by atoms with Crippen molar-refractivity contribution in [3.63, 3.8) is 0 Å². The minimum absolute atomic E-state index is 0.0333. The lowest BCUT2D eigenvalue weighted by Gasteiger charge is -2.07. The summed E-state index contributed by atoms with van der Waals surface area (Å²) < 4.78 is 14.8. The number of ether oxygens (including phenoxy) is 3. The van der Waals surface area contributed by atoms with Crippen LogP contribution in [-0.2, 0) is 19.1 Å². The first kappa shape index (κ1) is 18.3. The summed E-state index contributed by atoms with van der Waals surface area (Å²) in [5.41, 5.74) is -0.311. The summed E-state index contributed by atoms with van der Waals surface area (Å²) in [4.78, 5) is 30.3. The second-order valence-electron chi connectivity index (χ2n) is 4.03. The van der Waals surface area contributed by atoms with E-state index in [0.29, 0.717) is 6.61 Å². The first-order valence-corrected chi connectivity index (χ1v) is 6.55. The third kappa shape index (κ3) is 5.52. The van der Waals surface area contributed by atoms with Crippen molar-refractivity contribution in [2.75, 3.05) is 26.9 Å². The van der Waals surface area contributed by atoms with Gasteiger partial charge in [0.2, 0.25) is 11.6 Å². The van der Waals surface area contributed by atoms with Crippen LogP contribution in [0.5, 0.6) is 5.88 Å². The quantitative estimate of drug-likeness (QED) is 0.174. The number of esters is 1. The van der Waals surface area contributed by atoms with Crippen molar-refractivity contribution >= 4 is 17.7 Å². The topological polar surface area (TPSA) is 136 Å². The van der Waals surface area contributed by atoms with Gasteiger partial charge in [-0.1, -0.05) is 0 Å². The number of methoxy groups -OCH3 is 1. The second kappa shape index (κ2) is 9.33. The largest absolute Gasteiger partial charge is 0.475 e. The summed E-state index contributed by atoms with van der Waals surface area (Å²) in [6, 6.07) is 1.28. The van der Waals surface area contributed by atoms with Gasteiger partial charge in [-0.3, -0.25) is 10.1 Å². The number of nitro groups is 1. The number of nitrogens with two attached hydrogens (primary N) is 1. The summed E-state index contributed by atoms with van der Waals surface area (Å²) >= 11 is 0. The van der Waals surface area contributed by atoms with Crippen molar-refractivity contribution in [3.8, 4) is 5.88 Å². The molecule has 0 aromatic carbocycles. The van der Waals surface area contributed by atoms with E-state index in [1.807, 2.05) is 0 Å². The van der Waals surface area contributed by atoms with E-state index in [4.69, 9.17) is 20.1 Å². The van der Waals surface area contributed by atoms with Gasteiger partial charge in [0.25, 0.3) is 5.69 Å². The fraction of sp³-hybridized carbons (Fsp3) is 0.385. The van der Waals surface area contributed by atoms with Crippen LogP contribution < -0.4 is 10.6 Å². The van der Waals surface area contributed by atoms with Crippen LogP contribution in [0.3, 0.4) is 0 Å². The van der Waals surface area contributed by atoms with Gasteiger partial charge in [0, 0.05) is 19.3 Å². The van der Waals surface area contributed by atoms with Crippen molar-refractivity contribution < 1.29 is 28.8 Å². The Kier molecular flexibility index (Phi) is 7.43. The summed E-state index contributed by atoms with van der Waals surface area (Å²) in [5.74, 6) is 3.91. The third-order valence-electron chi connectivity index (χ3n) is 2.51. The Hall–Kier alpha value is -2.72. The molecule has 126 valence electrons. The monoisotopic (exact) mass is 327 g/mol. The summed E-state index contributed by atoms with van der Waals surface area (Å²) in [6.07, 6.45) is 2.09. The normalized spacial score (nSPS) is 11.0. The molecule has 0 saturated carbocycles. The van der Waals surface area contributed by atoms with Gasteiger partial charge in [0.05, 0.1) is 23.7 Å². The molecule has 0 spiro atoms.